The third kappa shape index (κ3) is 1.98. The molecule has 0 radical (unpaired) electrons. The normalized spacial score (nSPS) is 18.3. The number of carbonyl (C=O) groups excluding carboxylic acids is 1. The summed E-state index contributed by atoms with van der Waals surface area (Å²) in [4.78, 5) is 10.4. The van der Waals surface area contributed by atoms with Crippen molar-refractivity contribution < 1.29 is 12.6 Å². The summed E-state index contributed by atoms with van der Waals surface area (Å²) in [7, 11) is 0. The van der Waals surface area contributed by atoms with Gasteiger partial charge in [0, 0.05) is 0 Å². The van der Waals surface area contributed by atoms with Gasteiger partial charge in [-0.05, 0) is 0 Å². The Hall–Kier alpha value is -0.0400. The summed E-state index contributed by atoms with van der Waals surface area (Å²) in [5, 5.41) is 2.57. The van der Waals surface area contributed by atoms with Gasteiger partial charge in [-0.2, -0.15) is 0 Å². The van der Waals surface area contributed by atoms with Crippen LogP contribution in [-0.2, 0) is 7.80 Å². The third-order valence-electron chi connectivity index (χ3n) is 1.03. The van der Waals surface area contributed by atoms with Crippen molar-refractivity contribution in [1.82, 2.24) is 5.32 Å². The van der Waals surface area contributed by atoms with E-state index >= 15 is 0 Å². The highest BCUT2D eigenvalue weighted by Gasteiger charge is 2.20. The highest BCUT2D eigenvalue weighted by atomic mass is 127. The van der Waals surface area contributed by atoms with Crippen LogP contribution in [0.3, 0.4) is 0 Å². The van der Waals surface area contributed by atoms with Crippen LogP contribution in [0.2, 0.25) is 0 Å². The van der Waals surface area contributed by atoms with Crippen molar-refractivity contribution in [3.05, 3.63) is 0 Å². The minimum Gasteiger partial charge on any atom is -0.378 e. The maximum Gasteiger partial charge on any atom is 0.417 e. The monoisotopic (exact) mass is 243 g/mol. The molecule has 1 heterocycles. The molecule has 0 saturated carbocycles. The molecule has 9 heavy (non-hydrogen) atoms. The molecule has 1 saturated heterocycles. The van der Waals surface area contributed by atoms with Gasteiger partial charge in [-0.1, -0.05) is 0 Å². The molecule has 1 amide bonds. The molecule has 0 aliphatic carbocycles. The van der Waals surface area contributed by atoms with Gasteiger partial charge in [0.05, 0.1) is 19.3 Å². The van der Waals surface area contributed by atoms with Crippen molar-refractivity contribution in [3.8, 4) is 0 Å². The summed E-state index contributed by atoms with van der Waals surface area (Å²) in [5.41, 5.74) is 0. The summed E-state index contributed by atoms with van der Waals surface area (Å²) in [6.45, 7) is 1.21. The largest absolute Gasteiger partial charge is 0.417 e. The van der Waals surface area contributed by atoms with Crippen molar-refractivity contribution in [2.24, 2.45) is 0 Å². The van der Waals surface area contributed by atoms with Gasteiger partial charge in [0.25, 0.3) is 0 Å². The molecule has 0 atom stereocenters. The SMILES string of the molecule is O=C(NC1COC1)OI. The number of carbonyl (C=O) groups is 1. The van der Waals surface area contributed by atoms with Crippen LogP contribution in [0.4, 0.5) is 4.79 Å². The van der Waals surface area contributed by atoms with Gasteiger partial charge in [0.1, 0.15) is 0 Å². The van der Waals surface area contributed by atoms with Gasteiger partial charge in [-0.25, -0.2) is 4.79 Å². The molecule has 52 valence electrons. The summed E-state index contributed by atoms with van der Waals surface area (Å²) < 4.78 is 9.13. The van der Waals surface area contributed by atoms with Gasteiger partial charge in [0.2, 0.25) is 0 Å². The molecule has 5 heteroatoms. The molecule has 1 N–H and O–H groups in total. The van der Waals surface area contributed by atoms with Gasteiger partial charge >= 0.3 is 6.09 Å². The van der Waals surface area contributed by atoms with Crippen molar-refractivity contribution >= 4 is 29.1 Å². The molecular weight excluding hydrogens is 237 g/mol. The molecule has 1 aliphatic heterocycles. The van der Waals surface area contributed by atoms with Crippen LogP contribution in [-0.4, -0.2) is 25.3 Å². The van der Waals surface area contributed by atoms with E-state index in [0.29, 0.717) is 13.2 Å². The van der Waals surface area contributed by atoms with Crippen LogP contribution in [0.1, 0.15) is 0 Å². The number of amides is 1. The number of nitrogens with one attached hydrogen (secondary N) is 1. The molecule has 0 bridgehead atoms. The third-order valence-corrected chi connectivity index (χ3v) is 1.43. The van der Waals surface area contributed by atoms with Crippen molar-refractivity contribution in [2.45, 2.75) is 6.04 Å². The first-order chi connectivity index (χ1) is 4.33. The van der Waals surface area contributed by atoms with E-state index in [2.05, 4.69) is 8.38 Å². The molecule has 4 nitrogen and oxygen atoms in total. The van der Waals surface area contributed by atoms with E-state index in [9.17, 15) is 4.79 Å². The number of hydrogen-bond acceptors (Lipinski definition) is 3. The fraction of sp³-hybridized carbons (Fsp3) is 0.750. The molecule has 0 unspecified atom stereocenters. The summed E-state index contributed by atoms with van der Waals surface area (Å²) in [5.74, 6) is 0. The number of ether oxygens (including phenoxy) is 1. The molecule has 0 aromatic rings. The zero-order valence-electron chi connectivity index (χ0n) is 4.59. The van der Waals surface area contributed by atoms with Gasteiger partial charge < -0.3 is 13.1 Å². The predicted octanol–water partition coefficient (Wildman–Crippen LogP) is 0.461. The first kappa shape index (κ1) is 7.07. The molecule has 1 fully saturated rings. The lowest BCUT2D eigenvalue weighted by Crippen LogP contribution is -2.48. The van der Waals surface area contributed by atoms with Crippen LogP contribution in [0.15, 0.2) is 0 Å². The van der Waals surface area contributed by atoms with Crippen molar-refractivity contribution in [1.29, 1.82) is 0 Å². The molecule has 1 rings (SSSR count). The Balaban J connectivity index is 2.09. The molecule has 0 aromatic carbocycles. The van der Waals surface area contributed by atoms with E-state index in [1.807, 2.05) is 0 Å². The zero-order chi connectivity index (χ0) is 6.69. The summed E-state index contributed by atoms with van der Waals surface area (Å²) in [6.07, 6.45) is -0.399. The second kappa shape index (κ2) is 3.21. The molecule has 1 aliphatic rings. The van der Waals surface area contributed by atoms with E-state index in [1.54, 1.807) is 0 Å². The number of rotatable bonds is 1. The van der Waals surface area contributed by atoms with E-state index in [-0.39, 0.29) is 6.04 Å². The second-order valence-corrected chi connectivity index (χ2v) is 2.18. The Morgan fingerprint density at radius 3 is 2.78 bits per heavy atom. The van der Waals surface area contributed by atoms with Crippen LogP contribution in [0.25, 0.3) is 0 Å². The van der Waals surface area contributed by atoms with Gasteiger partial charge in [-0.15, -0.1) is 0 Å². The van der Waals surface area contributed by atoms with Crippen molar-refractivity contribution in [2.75, 3.05) is 13.2 Å². The first-order valence-electron chi connectivity index (χ1n) is 2.50. The average Bonchev–Trinajstić information content (AvgIpc) is 1.78. The quantitative estimate of drug-likeness (QED) is 0.680. The number of halogens is 1. The van der Waals surface area contributed by atoms with Crippen LogP contribution < -0.4 is 5.32 Å². The van der Waals surface area contributed by atoms with Crippen LogP contribution in [0, 0.1) is 0 Å². The fourth-order valence-electron chi connectivity index (χ4n) is 0.508. The zero-order valence-corrected chi connectivity index (χ0v) is 6.75. The topological polar surface area (TPSA) is 47.6 Å². The van der Waals surface area contributed by atoms with E-state index in [1.165, 1.54) is 23.0 Å². The standard InChI is InChI=1S/C4H6INO3/c5-9-4(7)6-3-1-8-2-3/h3H,1-2H2,(H,6,7). The van der Waals surface area contributed by atoms with Crippen LogP contribution in [0.5, 0.6) is 0 Å². The highest BCUT2D eigenvalue weighted by molar-refractivity contribution is 14.1. The summed E-state index contributed by atoms with van der Waals surface area (Å²) in [6, 6.07) is 0.160. The summed E-state index contributed by atoms with van der Waals surface area (Å²) >= 11 is 1.53. The Morgan fingerprint density at radius 1 is 1.78 bits per heavy atom. The van der Waals surface area contributed by atoms with Gasteiger partial charge in [0.15, 0.2) is 23.0 Å². The fourth-order valence-corrected chi connectivity index (χ4v) is 0.635. The molecule has 0 spiro atoms. The maximum atomic E-state index is 10.4. The molecular formula is C4H6INO3. The smallest absolute Gasteiger partial charge is 0.378 e. The Kier molecular flexibility index (Phi) is 2.52. The Labute approximate surface area is 66.6 Å². The highest BCUT2D eigenvalue weighted by Crippen LogP contribution is 2.00. The van der Waals surface area contributed by atoms with E-state index in [4.69, 9.17) is 4.74 Å². The Bertz CT molecular complexity index is 114. The van der Waals surface area contributed by atoms with Crippen molar-refractivity contribution in [3.63, 3.8) is 0 Å². The minimum atomic E-state index is -0.399. The minimum absolute atomic E-state index is 0.160. The van der Waals surface area contributed by atoms with E-state index in [0.717, 1.165) is 0 Å². The number of hydrogen-bond donors (Lipinski definition) is 1. The molecule has 0 aromatic heterocycles. The lowest BCUT2D eigenvalue weighted by Gasteiger charge is -2.25. The first-order valence-corrected chi connectivity index (χ1v) is 3.38. The predicted molar refractivity (Wildman–Crippen MR) is 38.2 cm³/mol. The lowest BCUT2D eigenvalue weighted by molar-refractivity contribution is -0.00176. The van der Waals surface area contributed by atoms with E-state index < -0.39 is 6.09 Å². The van der Waals surface area contributed by atoms with Crippen LogP contribution >= 0.6 is 23.0 Å². The second-order valence-electron chi connectivity index (χ2n) is 1.74. The Morgan fingerprint density at radius 2 is 2.44 bits per heavy atom. The lowest BCUT2D eigenvalue weighted by atomic mass is 10.3. The average molecular weight is 243 g/mol. The van der Waals surface area contributed by atoms with Gasteiger partial charge in [-0.3, -0.25) is 0 Å². The maximum absolute atomic E-state index is 10.4.